The number of aromatic nitrogens is 2. The van der Waals surface area contributed by atoms with Crippen LogP contribution in [0.25, 0.3) is 0 Å². The van der Waals surface area contributed by atoms with Crippen LogP contribution in [-0.2, 0) is 7.05 Å². The first-order chi connectivity index (χ1) is 8.49. The molecule has 2 aromatic rings. The Hall–Kier alpha value is -1.09. The van der Waals surface area contributed by atoms with Crippen molar-refractivity contribution in [2.45, 2.75) is 0 Å². The number of nitrogen functional groups attached to an aromatic ring is 1. The van der Waals surface area contributed by atoms with Gasteiger partial charge in [-0.15, -0.1) is 0 Å². The Morgan fingerprint density at radius 1 is 1.56 bits per heavy atom. The van der Waals surface area contributed by atoms with E-state index in [0.717, 1.165) is 8.04 Å². The van der Waals surface area contributed by atoms with E-state index in [1.165, 1.54) is 10.9 Å². The van der Waals surface area contributed by atoms with Crippen LogP contribution >= 0.6 is 38.5 Å². The van der Waals surface area contributed by atoms with E-state index < -0.39 is 0 Å². The zero-order chi connectivity index (χ0) is 13.3. The number of nitrogens with two attached hydrogens (primary N) is 1. The van der Waals surface area contributed by atoms with Gasteiger partial charge in [0, 0.05) is 15.1 Å². The number of rotatable bonds is 2. The Kier molecular flexibility index (Phi) is 3.91. The summed E-state index contributed by atoms with van der Waals surface area (Å²) in [6, 6.07) is 5.52. The number of carbonyl (C=O) groups is 1. The summed E-state index contributed by atoms with van der Waals surface area (Å²) in [7, 11) is 1.72. The first kappa shape index (κ1) is 13.3. The molecule has 18 heavy (non-hydrogen) atoms. The third-order valence-corrected chi connectivity index (χ3v) is 3.81. The topological polar surface area (TPSA) is 72.9 Å². The van der Waals surface area contributed by atoms with E-state index in [0.29, 0.717) is 17.1 Å². The fourth-order valence-corrected chi connectivity index (χ4v) is 2.40. The number of aryl methyl sites for hydroxylation is 1. The Balaban J connectivity index is 2.30. The Labute approximate surface area is 126 Å². The average molecular weight is 421 g/mol. The quantitative estimate of drug-likeness (QED) is 0.733. The fourth-order valence-electron chi connectivity index (χ4n) is 1.45. The molecule has 0 aliphatic rings. The molecule has 7 heteroatoms. The van der Waals surface area contributed by atoms with Crippen LogP contribution in [0.5, 0.6) is 0 Å². The molecule has 0 radical (unpaired) electrons. The van der Waals surface area contributed by atoms with Gasteiger partial charge < -0.3 is 11.1 Å². The van der Waals surface area contributed by atoms with Gasteiger partial charge in [0.25, 0.3) is 5.91 Å². The van der Waals surface area contributed by atoms with E-state index in [-0.39, 0.29) is 5.91 Å². The van der Waals surface area contributed by atoms with Crippen LogP contribution in [-0.4, -0.2) is 15.7 Å². The zero-order valence-electron chi connectivity index (χ0n) is 9.45. The van der Waals surface area contributed by atoms with E-state index >= 15 is 0 Å². The summed E-state index contributed by atoms with van der Waals surface area (Å²) in [6.07, 6.45) is 1.50. The lowest BCUT2D eigenvalue weighted by atomic mass is 10.2. The second-order valence-corrected chi connectivity index (χ2v) is 5.73. The summed E-state index contributed by atoms with van der Waals surface area (Å²) in [5, 5.41) is 6.72. The summed E-state index contributed by atoms with van der Waals surface area (Å²) in [5.41, 5.74) is 6.76. The first-order valence-electron chi connectivity index (χ1n) is 5.03. The van der Waals surface area contributed by atoms with Gasteiger partial charge in [-0.25, -0.2) is 0 Å². The first-order valence-corrected chi connectivity index (χ1v) is 6.90. The predicted octanol–water partition coefficient (Wildman–Crippen LogP) is 2.62. The highest BCUT2D eigenvalue weighted by atomic mass is 127. The summed E-state index contributed by atoms with van der Waals surface area (Å²) in [5.74, 6) is 0.284. The number of halogens is 2. The van der Waals surface area contributed by atoms with Crippen LogP contribution in [0.4, 0.5) is 11.5 Å². The number of amides is 1. The van der Waals surface area contributed by atoms with Gasteiger partial charge in [0.05, 0.1) is 17.4 Å². The van der Waals surface area contributed by atoms with Crippen molar-refractivity contribution in [1.29, 1.82) is 0 Å². The molecule has 0 saturated heterocycles. The summed E-state index contributed by atoms with van der Waals surface area (Å²) in [6.45, 7) is 0. The van der Waals surface area contributed by atoms with Crippen LogP contribution < -0.4 is 11.1 Å². The normalized spacial score (nSPS) is 10.4. The number of nitrogens with one attached hydrogen (secondary N) is 1. The van der Waals surface area contributed by atoms with E-state index in [9.17, 15) is 4.79 Å². The molecule has 0 aliphatic heterocycles. The SMILES string of the molecule is Cn1ncc(N)c1NC(=O)c1cc(Br)ccc1I. The molecule has 94 valence electrons. The summed E-state index contributed by atoms with van der Waals surface area (Å²) in [4.78, 5) is 12.2. The van der Waals surface area contributed by atoms with Gasteiger partial charge in [0.1, 0.15) is 0 Å². The van der Waals surface area contributed by atoms with Crippen LogP contribution in [0.2, 0.25) is 0 Å². The lowest BCUT2D eigenvalue weighted by Crippen LogP contribution is -2.16. The van der Waals surface area contributed by atoms with E-state index in [2.05, 4.69) is 48.9 Å². The van der Waals surface area contributed by atoms with Crippen molar-refractivity contribution in [2.24, 2.45) is 7.05 Å². The molecule has 0 unspecified atom stereocenters. The van der Waals surface area contributed by atoms with Gasteiger partial charge in [-0.1, -0.05) is 15.9 Å². The molecule has 0 spiro atoms. The lowest BCUT2D eigenvalue weighted by molar-refractivity contribution is 0.102. The minimum atomic E-state index is -0.212. The van der Waals surface area contributed by atoms with Crippen LogP contribution in [0, 0.1) is 3.57 Å². The second kappa shape index (κ2) is 5.27. The van der Waals surface area contributed by atoms with Crippen molar-refractivity contribution in [3.8, 4) is 0 Å². The highest BCUT2D eigenvalue weighted by molar-refractivity contribution is 14.1. The Morgan fingerprint density at radius 3 is 2.89 bits per heavy atom. The number of nitrogens with zero attached hydrogens (tertiary/aromatic N) is 2. The Morgan fingerprint density at radius 2 is 2.28 bits per heavy atom. The molecule has 0 atom stereocenters. The van der Waals surface area contributed by atoms with Gasteiger partial charge >= 0.3 is 0 Å². The molecule has 0 aliphatic carbocycles. The maximum atomic E-state index is 12.2. The van der Waals surface area contributed by atoms with Crippen molar-refractivity contribution in [1.82, 2.24) is 9.78 Å². The van der Waals surface area contributed by atoms with Crippen LogP contribution in [0.15, 0.2) is 28.9 Å². The monoisotopic (exact) mass is 420 g/mol. The molecule has 1 aromatic heterocycles. The lowest BCUT2D eigenvalue weighted by Gasteiger charge is -2.08. The number of hydrogen-bond donors (Lipinski definition) is 2. The molecule has 2 rings (SSSR count). The van der Waals surface area contributed by atoms with Gasteiger partial charge in [-0.3, -0.25) is 9.48 Å². The maximum absolute atomic E-state index is 12.2. The molecule has 1 aromatic carbocycles. The van der Waals surface area contributed by atoms with Gasteiger partial charge in [-0.2, -0.15) is 5.10 Å². The molecule has 0 fully saturated rings. The number of anilines is 2. The molecule has 5 nitrogen and oxygen atoms in total. The van der Waals surface area contributed by atoms with Crippen LogP contribution in [0.3, 0.4) is 0 Å². The third-order valence-electron chi connectivity index (χ3n) is 2.37. The number of carbonyl (C=O) groups excluding carboxylic acids is 1. The van der Waals surface area contributed by atoms with E-state index in [1.807, 2.05) is 12.1 Å². The van der Waals surface area contributed by atoms with Gasteiger partial charge in [0.2, 0.25) is 0 Å². The minimum Gasteiger partial charge on any atom is -0.394 e. The standard InChI is InChI=1S/C11H10BrIN4O/c1-17-10(9(14)5-15-17)16-11(18)7-4-6(12)2-3-8(7)13/h2-5H,14H2,1H3,(H,16,18). The largest absolute Gasteiger partial charge is 0.394 e. The molecular formula is C11H10BrIN4O. The van der Waals surface area contributed by atoms with E-state index in [1.54, 1.807) is 13.1 Å². The van der Waals surface area contributed by atoms with Crippen LogP contribution in [0.1, 0.15) is 10.4 Å². The molecule has 1 amide bonds. The zero-order valence-corrected chi connectivity index (χ0v) is 13.2. The summed E-state index contributed by atoms with van der Waals surface area (Å²) < 4.78 is 3.25. The predicted molar refractivity (Wildman–Crippen MR) is 82.4 cm³/mol. The Bertz CT molecular complexity index is 592. The van der Waals surface area contributed by atoms with Crippen molar-refractivity contribution < 1.29 is 4.79 Å². The molecular weight excluding hydrogens is 411 g/mol. The average Bonchev–Trinajstić information content (AvgIpc) is 2.64. The number of hydrogen-bond acceptors (Lipinski definition) is 3. The minimum absolute atomic E-state index is 0.212. The summed E-state index contributed by atoms with van der Waals surface area (Å²) >= 11 is 5.46. The van der Waals surface area contributed by atoms with Gasteiger partial charge in [0.15, 0.2) is 5.82 Å². The van der Waals surface area contributed by atoms with Crippen molar-refractivity contribution in [3.05, 3.63) is 38.0 Å². The highest BCUT2D eigenvalue weighted by Crippen LogP contribution is 2.21. The number of benzene rings is 1. The van der Waals surface area contributed by atoms with E-state index in [4.69, 9.17) is 5.73 Å². The van der Waals surface area contributed by atoms with Crippen molar-refractivity contribution in [2.75, 3.05) is 11.1 Å². The fraction of sp³-hybridized carbons (Fsp3) is 0.0909. The molecule has 1 heterocycles. The third kappa shape index (κ3) is 2.66. The smallest absolute Gasteiger partial charge is 0.257 e. The van der Waals surface area contributed by atoms with Gasteiger partial charge in [-0.05, 0) is 40.8 Å². The molecule has 3 N–H and O–H groups in total. The molecule has 0 saturated carbocycles. The van der Waals surface area contributed by atoms with Crippen molar-refractivity contribution >= 4 is 55.9 Å². The second-order valence-electron chi connectivity index (χ2n) is 3.65. The molecule has 0 bridgehead atoms. The van der Waals surface area contributed by atoms with Crippen molar-refractivity contribution in [3.63, 3.8) is 0 Å². The highest BCUT2D eigenvalue weighted by Gasteiger charge is 2.14. The maximum Gasteiger partial charge on any atom is 0.257 e.